The molecule has 0 aromatic heterocycles. The van der Waals surface area contributed by atoms with Gasteiger partial charge in [0, 0.05) is 19.8 Å². The molecule has 0 spiro atoms. The van der Waals surface area contributed by atoms with Crippen molar-refractivity contribution in [1.29, 1.82) is 0 Å². The molecule has 0 aliphatic carbocycles. The molecule has 100 valence electrons. The number of hydrogen-bond donors (Lipinski definition) is 1. The predicted octanol–water partition coefficient (Wildman–Crippen LogP) is 3.06. The molecule has 0 radical (unpaired) electrons. The topological polar surface area (TPSA) is 38.7 Å². The van der Waals surface area contributed by atoms with Crippen molar-refractivity contribution in [2.24, 2.45) is 0 Å². The first-order valence-corrected chi connectivity index (χ1v) is 6.15. The largest absolute Gasteiger partial charge is 0.384 e. The third kappa shape index (κ3) is 3.01. The van der Waals surface area contributed by atoms with Gasteiger partial charge in [-0.2, -0.15) is 0 Å². The fourth-order valence-corrected chi connectivity index (χ4v) is 2.14. The maximum atomic E-state index is 10.5. The quantitative estimate of drug-likeness (QED) is 0.838. The molecule has 0 saturated heterocycles. The van der Waals surface area contributed by atoms with Crippen LogP contribution in [0.5, 0.6) is 0 Å². The molecule has 0 aliphatic rings. The van der Waals surface area contributed by atoms with Crippen LogP contribution in [0.15, 0.2) is 54.6 Å². The second-order valence-electron chi connectivity index (χ2n) is 4.25. The maximum Gasteiger partial charge on any atom is 0.183 e. The summed E-state index contributed by atoms with van der Waals surface area (Å²) in [5, 5.41) is 10.5. The summed E-state index contributed by atoms with van der Waals surface area (Å²) in [7, 11) is 3.17. The van der Waals surface area contributed by atoms with Crippen LogP contribution < -0.4 is 0 Å². The van der Waals surface area contributed by atoms with E-state index in [0.717, 1.165) is 16.7 Å². The second kappa shape index (κ2) is 6.48. The van der Waals surface area contributed by atoms with E-state index in [1.165, 1.54) is 0 Å². The summed E-state index contributed by atoms with van der Waals surface area (Å²) in [6, 6.07) is 17.1. The van der Waals surface area contributed by atoms with Crippen molar-refractivity contribution in [3.8, 4) is 0 Å². The third-order valence-corrected chi connectivity index (χ3v) is 3.09. The van der Waals surface area contributed by atoms with Crippen LogP contribution in [0.2, 0.25) is 0 Å². The number of hydrogen-bond acceptors (Lipinski definition) is 3. The molecule has 0 saturated carbocycles. The average molecular weight is 258 g/mol. The maximum absolute atomic E-state index is 10.5. The molecule has 0 amide bonds. The number of rotatable bonds is 5. The zero-order valence-corrected chi connectivity index (χ0v) is 11.1. The summed E-state index contributed by atoms with van der Waals surface area (Å²) in [6.07, 6.45) is -1.17. The van der Waals surface area contributed by atoms with Crippen molar-refractivity contribution >= 4 is 0 Å². The summed E-state index contributed by atoms with van der Waals surface area (Å²) >= 11 is 0. The molecular formula is C16H18O3. The molecule has 0 bridgehead atoms. The summed E-state index contributed by atoms with van der Waals surface area (Å²) in [6.45, 7) is 0. The molecule has 0 unspecified atom stereocenters. The van der Waals surface area contributed by atoms with Crippen LogP contribution in [-0.2, 0) is 9.47 Å². The highest BCUT2D eigenvalue weighted by Gasteiger charge is 2.19. The number of ether oxygens (including phenoxy) is 2. The van der Waals surface area contributed by atoms with Gasteiger partial charge in [-0.15, -0.1) is 0 Å². The van der Waals surface area contributed by atoms with Gasteiger partial charge in [-0.05, 0) is 11.1 Å². The SMILES string of the molecule is COC(OC)c1ccccc1[C@H](O)c1ccccc1. The Morgan fingerprint density at radius 3 is 1.89 bits per heavy atom. The van der Waals surface area contributed by atoms with Crippen LogP contribution in [0.3, 0.4) is 0 Å². The molecule has 0 heterocycles. The first kappa shape index (κ1) is 13.7. The molecule has 2 aromatic rings. The monoisotopic (exact) mass is 258 g/mol. The van der Waals surface area contributed by atoms with E-state index in [0.29, 0.717) is 0 Å². The zero-order valence-electron chi connectivity index (χ0n) is 11.1. The minimum absolute atomic E-state index is 0.477. The highest BCUT2D eigenvalue weighted by molar-refractivity contribution is 5.36. The Balaban J connectivity index is 2.39. The van der Waals surface area contributed by atoms with Crippen molar-refractivity contribution in [3.05, 3.63) is 71.3 Å². The first-order valence-electron chi connectivity index (χ1n) is 6.15. The number of benzene rings is 2. The Morgan fingerprint density at radius 1 is 0.789 bits per heavy atom. The smallest absolute Gasteiger partial charge is 0.183 e. The van der Waals surface area contributed by atoms with Gasteiger partial charge in [-0.1, -0.05) is 54.6 Å². The molecular weight excluding hydrogens is 240 g/mol. The lowest BCUT2D eigenvalue weighted by Gasteiger charge is -2.21. The van der Waals surface area contributed by atoms with Gasteiger partial charge in [0.2, 0.25) is 0 Å². The van der Waals surface area contributed by atoms with E-state index >= 15 is 0 Å². The van der Waals surface area contributed by atoms with Gasteiger partial charge in [-0.3, -0.25) is 0 Å². The van der Waals surface area contributed by atoms with E-state index in [-0.39, 0.29) is 0 Å². The van der Waals surface area contributed by atoms with Gasteiger partial charge >= 0.3 is 0 Å². The fraction of sp³-hybridized carbons (Fsp3) is 0.250. The lowest BCUT2D eigenvalue weighted by Crippen LogP contribution is -2.10. The summed E-state index contributed by atoms with van der Waals surface area (Å²) in [5.74, 6) is 0. The van der Waals surface area contributed by atoms with Crippen molar-refractivity contribution in [3.63, 3.8) is 0 Å². The minimum Gasteiger partial charge on any atom is -0.384 e. The van der Waals surface area contributed by atoms with Gasteiger partial charge in [0.15, 0.2) is 6.29 Å². The van der Waals surface area contributed by atoms with Gasteiger partial charge in [-0.25, -0.2) is 0 Å². The first-order chi connectivity index (χ1) is 9.27. The van der Waals surface area contributed by atoms with E-state index in [1.807, 2.05) is 54.6 Å². The molecule has 0 fully saturated rings. The van der Waals surface area contributed by atoms with Gasteiger partial charge < -0.3 is 14.6 Å². The zero-order chi connectivity index (χ0) is 13.7. The predicted molar refractivity (Wildman–Crippen MR) is 73.7 cm³/mol. The van der Waals surface area contributed by atoms with Crippen LogP contribution in [0.1, 0.15) is 29.1 Å². The highest BCUT2D eigenvalue weighted by Crippen LogP contribution is 2.30. The Morgan fingerprint density at radius 2 is 1.32 bits per heavy atom. The van der Waals surface area contributed by atoms with E-state index in [4.69, 9.17) is 9.47 Å². The van der Waals surface area contributed by atoms with E-state index in [1.54, 1.807) is 14.2 Å². The normalized spacial score (nSPS) is 12.6. The lowest BCUT2D eigenvalue weighted by molar-refractivity contribution is -0.107. The van der Waals surface area contributed by atoms with Gasteiger partial charge in [0.25, 0.3) is 0 Å². The molecule has 3 heteroatoms. The summed E-state index contributed by atoms with van der Waals surface area (Å²) < 4.78 is 10.6. The van der Waals surface area contributed by atoms with E-state index < -0.39 is 12.4 Å². The molecule has 1 atom stereocenters. The second-order valence-corrected chi connectivity index (χ2v) is 4.25. The lowest BCUT2D eigenvalue weighted by atomic mass is 9.96. The summed E-state index contributed by atoms with van der Waals surface area (Å²) in [5.41, 5.74) is 2.48. The van der Waals surface area contributed by atoms with Crippen molar-refractivity contribution in [2.45, 2.75) is 12.4 Å². The minimum atomic E-state index is -0.690. The Bertz CT molecular complexity index is 506. The van der Waals surface area contributed by atoms with Crippen molar-refractivity contribution < 1.29 is 14.6 Å². The standard InChI is InChI=1S/C16H18O3/c1-18-16(19-2)14-11-7-6-10-13(14)15(17)12-8-4-3-5-9-12/h3-11,15-17H,1-2H3/t15-/m1/s1. The van der Waals surface area contributed by atoms with Crippen LogP contribution in [0, 0.1) is 0 Å². The van der Waals surface area contributed by atoms with Crippen LogP contribution in [0.25, 0.3) is 0 Å². The molecule has 2 rings (SSSR count). The van der Waals surface area contributed by atoms with E-state index in [9.17, 15) is 5.11 Å². The Hall–Kier alpha value is -1.68. The molecule has 3 nitrogen and oxygen atoms in total. The number of aliphatic hydroxyl groups excluding tert-OH is 1. The van der Waals surface area contributed by atoms with Gasteiger partial charge in [0.1, 0.15) is 6.10 Å². The fourth-order valence-electron chi connectivity index (χ4n) is 2.14. The number of methoxy groups -OCH3 is 2. The average Bonchev–Trinajstić information content (AvgIpc) is 2.49. The molecule has 2 aromatic carbocycles. The third-order valence-electron chi connectivity index (χ3n) is 3.09. The summed E-state index contributed by atoms with van der Waals surface area (Å²) in [4.78, 5) is 0. The molecule has 19 heavy (non-hydrogen) atoms. The highest BCUT2D eigenvalue weighted by atomic mass is 16.7. The van der Waals surface area contributed by atoms with Gasteiger partial charge in [0.05, 0.1) is 0 Å². The Kier molecular flexibility index (Phi) is 4.68. The van der Waals surface area contributed by atoms with Crippen LogP contribution in [0.4, 0.5) is 0 Å². The molecule has 1 N–H and O–H groups in total. The van der Waals surface area contributed by atoms with Crippen molar-refractivity contribution in [1.82, 2.24) is 0 Å². The van der Waals surface area contributed by atoms with E-state index in [2.05, 4.69) is 0 Å². The van der Waals surface area contributed by atoms with Crippen LogP contribution >= 0.6 is 0 Å². The molecule has 0 aliphatic heterocycles. The Labute approximate surface area is 113 Å². The van der Waals surface area contributed by atoms with Crippen molar-refractivity contribution in [2.75, 3.05) is 14.2 Å². The van der Waals surface area contributed by atoms with Crippen LogP contribution in [-0.4, -0.2) is 19.3 Å². The number of aliphatic hydroxyl groups is 1.